The number of aromatic nitrogens is 1. The van der Waals surface area contributed by atoms with Crippen molar-refractivity contribution < 1.29 is 14.3 Å². The molecule has 2 aromatic carbocycles. The molecule has 0 aliphatic carbocycles. The molecule has 0 fully saturated rings. The fourth-order valence-corrected chi connectivity index (χ4v) is 3.63. The molecule has 0 unspecified atom stereocenters. The van der Waals surface area contributed by atoms with Crippen LogP contribution in [0.15, 0.2) is 71.9 Å². The van der Waals surface area contributed by atoms with E-state index in [2.05, 4.69) is 24.1 Å². The van der Waals surface area contributed by atoms with Gasteiger partial charge in [0.05, 0.1) is 19.2 Å². The number of benzene rings is 2. The Kier molecular flexibility index (Phi) is 6.49. The van der Waals surface area contributed by atoms with Gasteiger partial charge in [-0.25, -0.2) is 9.98 Å². The number of fused-ring (bicyclic) bond motifs is 1. The van der Waals surface area contributed by atoms with E-state index in [4.69, 9.17) is 9.73 Å². The van der Waals surface area contributed by atoms with E-state index < -0.39 is 0 Å². The van der Waals surface area contributed by atoms with Gasteiger partial charge in [0.2, 0.25) is 11.8 Å². The first-order chi connectivity index (χ1) is 15.9. The standard InChI is InChI=1S/C26H26N4O3/c1-17(2)18-6-10-20(11-7-18)28-24(31)16-30-25(32)15-23(19-8-12-21(33-3)13-9-19)29-22-5-4-14-27-26(22)30/h4-14,17H,15-16H2,1-3H3,(H,28,31). The number of methoxy groups -OCH3 is 1. The van der Waals surface area contributed by atoms with Crippen molar-refractivity contribution in [1.82, 2.24) is 4.98 Å². The summed E-state index contributed by atoms with van der Waals surface area (Å²) in [4.78, 5) is 36.5. The second-order valence-electron chi connectivity index (χ2n) is 8.11. The van der Waals surface area contributed by atoms with Crippen molar-refractivity contribution in [2.45, 2.75) is 26.2 Å². The monoisotopic (exact) mass is 442 g/mol. The fourth-order valence-electron chi connectivity index (χ4n) is 3.63. The Hall–Kier alpha value is -4.00. The van der Waals surface area contributed by atoms with Gasteiger partial charge in [0.25, 0.3) is 0 Å². The Morgan fingerprint density at radius 2 is 1.82 bits per heavy atom. The van der Waals surface area contributed by atoms with Crippen LogP contribution < -0.4 is 15.0 Å². The number of hydrogen-bond acceptors (Lipinski definition) is 5. The van der Waals surface area contributed by atoms with E-state index in [-0.39, 0.29) is 24.8 Å². The van der Waals surface area contributed by atoms with Crippen LogP contribution in [0.5, 0.6) is 5.75 Å². The summed E-state index contributed by atoms with van der Waals surface area (Å²) in [7, 11) is 1.60. The molecule has 0 bridgehead atoms. The van der Waals surface area contributed by atoms with Crippen molar-refractivity contribution in [2.75, 3.05) is 23.9 Å². The summed E-state index contributed by atoms with van der Waals surface area (Å²) in [6, 6.07) is 18.7. The van der Waals surface area contributed by atoms with E-state index in [0.29, 0.717) is 28.8 Å². The quantitative estimate of drug-likeness (QED) is 0.599. The molecule has 0 saturated carbocycles. The highest BCUT2D eigenvalue weighted by atomic mass is 16.5. The lowest BCUT2D eigenvalue weighted by atomic mass is 10.0. The number of carbonyl (C=O) groups excluding carboxylic acids is 2. The SMILES string of the molecule is COc1ccc(C2=Nc3cccnc3N(CC(=O)Nc3ccc(C(C)C)cc3)C(=O)C2)cc1. The number of ether oxygens (including phenoxy) is 1. The minimum atomic E-state index is -0.301. The second kappa shape index (κ2) is 9.65. The van der Waals surface area contributed by atoms with Gasteiger partial charge in [-0.15, -0.1) is 0 Å². The maximum absolute atomic E-state index is 13.2. The van der Waals surface area contributed by atoms with Crippen molar-refractivity contribution in [2.24, 2.45) is 4.99 Å². The molecule has 2 amide bonds. The average molecular weight is 443 g/mol. The van der Waals surface area contributed by atoms with E-state index in [1.807, 2.05) is 48.5 Å². The topological polar surface area (TPSA) is 83.9 Å². The zero-order valence-corrected chi connectivity index (χ0v) is 18.9. The molecule has 168 valence electrons. The summed E-state index contributed by atoms with van der Waals surface area (Å²) in [5.41, 5.74) is 3.85. The zero-order valence-electron chi connectivity index (χ0n) is 18.9. The molecule has 1 aliphatic heterocycles. The van der Waals surface area contributed by atoms with Crippen molar-refractivity contribution in [3.63, 3.8) is 0 Å². The summed E-state index contributed by atoms with van der Waals surface area (Å²) in [5, 5.41) is 2.87. The Morgan fingerprint density at radius 3 is 2.48 bits per heavy atom. The average Bonchev–Trinajstić information content (AvgIpc) is 2.96. The van der Waals surface area contributed by atoms with Crippen LogP contribution in [0.25, 0.3) is 0 Å². The van der Waals surface area contributed by atoms with Gasteiger partial charge in [0, 0.05) is 11.9 Å². The fraction of sp³-hybridized carbons (Fsp3) is 0.231. The maximum Gasteiger partial charge on any atom is 0.244 e. The molecule has 3 aromatic rings. The molecule has 0 saturated heterocycles. The van der Waals surface area contributed by atoms with Gasteiger partial charge in [-0.05, 0) is 65.6 Å². The van der Waals surface area contributed by atoms with E-state index >= 15 is 0 Å². The Morgan fingerprint density at radius 1 is 1.09 bits per heavy atom. The number of rotatable bonds is 6. The van der Waals surface area contributed by atoms with Crippen molar-refractivity contribution >= 4 is 34.7 Å². The molecule has 0 atom stereocenters. The van der Waals surface area contributed by atoms with Gasteiger partial charge in [0.1, 0.15) is 18.0 Å². The van der Waals surface area contributed by atoms with Crippen LogP contribution in [0.2, 0.25) is 0 Å². The number of nitrogens with zero attached hydrogens (tertiary/aromatic N) is 3. The molecular formula is C26H26N4O3. The number of carbonyl (C=O) groups is 2. The first-order valence-corrected chi connectivity index (χ1v) is 10.8. The maximum atomic E-state index is 13.2. The molecular weight excluding hydrogens is 416 g/mol. The predicted molar refractivity (Wildman–Crippen MR) is 130 cm³/mol. The molecule has 33 heavy (non-hydrogen) atoms. The molecule has 1 aliphatic rings. The molecule has 1 aromatic heterocycles. The Labute approximate surface area is 193 Å². The number of amides is 2. The Balaban J connectivity index is 1.55. The van der Waals surface area contributed by atoms with Crippen LogP contribution in [0.3, 0.4) is 0 Å². The summed E-state index contributed by atoms with van der Waals surface area (Å²) in [6.45, 7) is 4.08. The highest BCUT2D eigenvalue weighted by Gasteiger charge is 2.27. The van der Waals surface area contributed by atoms with Crippen LogP contribution in [0.1, 0.15) is 37.3 Å². The van der Waals surface area contributed by atoms with Gasteiger partial charge in [0.15, 0.2) is 5.82 Å². The van der Waals surface area contributed by atoms with Crippen LogP contribution >= 0.6 is 0 Å². The van der Waals surface area contributed by atoms with Crippen LogP contribution in [-0.2, 0) is 9.59 Å². The number of nitrogens with one attached hydrogen (secondary N) is 1. The van der Waals surface area contributed by atoms with E-state index in [9.17, 15) is 9.59 Å². The van der Waals surface area contributed by atoms with Crippen LogP contribution in [0.4, 0.5) is 17.2 Å². The highest BCUT2D eigenvalue weighted by molar-refractivity contribution is 6.18. The second-order valence-corrected chi connectivity index (χ2v) is 8.11. The summed E-state index contributed by atoms with van der Waals surface area (Å²) >= 11 is 0. The molecule has 0 radical (unpaired) electrons. The van der Waals surface area contributed by atoms with Gasteiger partial charge in [-0.1, -0.05) is 26.0 Å². The minimum Gasteiger partial charge on any atom is -0.497 e. The summed E-state index contributed by atoms with van der Waals surface area (Å²) in [5.74, 6) is 0.960. The first-order valence-electron chi connectivity index (χ1n) is 10.8. The largest absolute Gasteiger partial charge is 0.497 e. The molecule has 1 N–H and O–H groups in total. The van der Waals surface area contributed by atoms with Crippen molar-refractivity contribution in [1.29, 1.82) is 0 Å². The number of pyridine rings is 1. The lowest BCUT2D eigenvalue weighted by Crippen LogP contribution is -2.38. The number of aliphatic imine (C=N–C) groups is 1. The summed E-state index contributed by atoms with van der Waals surface area (Å²) in [6.07, 6.45) is 1.65. The predicted octanol–water partition coefficient (Wildman–Crippen LogP) is 4.71. The smallest absolute Gasteiger partial charge is 0.244 e. The van der Waals surface area contributed by atoms with E-state index in [0.717, 1.165) is 11.3 Å². The summed E-state index contributed by atoms with van der Waals surface area (Å²) < 4.78 is 5.22. The van der Waals surface area contributed by atoms with Crippen molar-refractivity contribution in [3.05, 3.63) is 78.0 Å². The molecule has 2 heterocycles. The Bertz CT molecular complexity index is 1180. The third-order valence-corrected chi connectivity index (χ3v) is 5.48. The highest BCUT2D eigenvalue weighted by Crippen LogP contribution is 2.31. The number of hydrogen-bond donors (Lipinski definition) is 1. The third kappa shape index (κ3) is 5.09. The number of anilines is 2. The minimum absolute atomic E-state index is 0.0546. The van der Waals surface area contributed by atoms with Crippen LogP contribution in [-0.4, -0.2) is 36.2 Å². The van der Waals surface area contributed by atoms with Gasteiger partial charge >= 0.3 is 0 Å². The molecule has 7 heteroatoms. The van der Waals surface area contributed by atoms with Crippen LogP contribution in [0, 0.1) is 0 Å². The third-order valence-electron chi connectivity index (χ3n) is 5.48. The van der Waals surface area contributed by atoms with E-state index in [1.165, 1.54) is 10.5 Å². The first kappa shape index (κ1) is 22.2. The van der Waals surface area contributed by atoms with Gasteiger partial charge < -0.3 is 10.1 Å². The zero-order chi connectivity index (χ0) is 23.4. The normalized spacial score (nSPS) is 13.3. The molecule has 7 nitrogen and oxygen atoms in total. The lowest BCUT2D eigenvalue weighted by molar-refractivity contribution is -0.120. The van der Waals surface area contributed by atoms with Gasteiger partial charge in [-0.2, -0.15) is 0 Å². The van der Waals surface area contributed by atoms with Gasteiger partial charge in [-0.3, -0.25) is 14.5 Å². The lowest BCUT2D eigenvalue weighted by Gasteiger charge is -2.20. The van der Waals surface area contributed by atoms with E-state index in [1.54, 1.807) is 25.4 Å². The molecule has 0 spiro atoms. The van der Waals surface area contributed by atoms with Crippen molar-refractivity contribution in [3.8, 4) is 5.75 Å². The molecule has 4 rings (SSSR count).